The Morgan fingerprint density at radius 2 is 2.24 bits per heavy atom. The minimum atomic E-state index is 0.532. The topological polar surface area (TPSA) is 16.1 Å². The Morgan fingerprint density at radius 3 is 2.76 bits per heavy atom. The molecule has 0 N–H and O–H groups in total. The lowest BCUT2D eigenvalue weighted by Crippen LogP contribution is -2.33. The summed E-state index contributed by atoms with van der Waals surface area (Å²) < 4.78 is 0. The molecule has 0 aliphatic carbocycles. The first kappa shape index (κ1) is 14.9. The first-order chi connectivity index (χ1) is 8.21. The molecule has 4 heteroatoms. The molecule has 1 atom stereocenters. The molecule has 0 fully saturated rings. The molecule has 0 spiro atoms. The van der Waals surface area contributed by atoms with E-state index in [1.807, 2.05) is 0 Å². The third-order valence-corrected chi connectivity index (χ3v) is 4.42. The van der Waals surface area contributed by atoms with E-state index in [-0.39, 0.29) is 0 Å². The zero-order valence-electron chi connectivity index (χ0n) is 11.1. The molecule has 0 radical (unpaired) electrons. The van der Waals surface area contributed by atoms with Gasteiger partial charge in [0.15, 0.2) is 0 Å². The molecule has 0 amide bonds. The van der Waals surface area contributed by atoms with Gasteiger partial charge in [-0.1, -0.05) is 13.8 Å². The molecular formula is C13H23ClN2S. The Kier molecular flexibility index (Phi) is 7.09. The third-order valence-electron chi connectivity index (χ3n) is 3.19. The fourth-order valence-electron chi connectivity index (χ4n) is 1.91. The lowest BCUT2D eigenvalue weighted by molar-refractivity contribution is 0.212. The Balaban J connectivity index is 2.30. The van der Waals surface area contributed by atoms with E-state index in [2.05, 4.69) is 36.0 Å². The second-order valence-corrected chi connectivity index (χ2v) is 5.57. The molecular weight excluding hydrogens is 252 g/mol. The summed E-state index contributed by atoms with van der Waals surface area (Å²) in [5.74, 6) is 0.532. The SMILES string of the molecule is CCC(C)N(CC)CCCc1nc(CCl)cs1. The maximum Gasteiger partial charge on any atom is 0.0929 e. The van der Waals surface area contributed by atoms with Crippen LogP contribution in [0.5, 0.6) is 0 Å². The number of aromatic nitrogens is 1. The van der Waals surface area contributed by atoms with Crippen molar-refractivity contribution in [3.8, 4) is 0 Å². The van der Waals surface area contributed by atoms with Crippen LogP contribution in [-0.2, 0) is 12.3 Å². The van der Waals surface area contributed by atoms with Crippen molar-refractivity contribution in [2.45, 2.75) is 52.0 Å². The quantitative estimate of drug-likeness (QED) is 0.668. The zero-order chi connectivity index (χ0) is 12.7. The number of hydrogen-bond acceptors (Lipinski definition) is 3. The van der Waals surface area contributed by atoms with Crippen molar-refractivity contribution in [3.05, 3.63) is 16.1 Å². The van der Waals surface area contributed by atoms with Crippen molar-refractivity contribution >= 4 is 22.9 Å². The van der Waals surface area contributed by atoms with Gasteiger partial charge in [0.2, 0.25) is 0 Å². The molecule has 17 heavy (non-hydrogen) atoms. The minimum absolute atomic E-state index is 0.532. The summed E-state index contributed by atoms with van der Waals surface area (Å²) in [6, 6.07) is 0.690. The van der Waals surface area contributed by atoms with Gasteiger partial charge in [0.1, 0.15) is 0 Å². The normalized spacial score (nSPS) is 13.2. The Labute approximate surface area is 114 Å². The summed E-state index contributed by atoms with van der Waals surface area (Å²) in [5, 5.41) is 3.29. The van der Waals surface area contributed by atoms with E-state index < -0.39 is 0 Å². The van der Waals surface area contributed by atoms with Crippen LogP contribution in [0.3, 0.4) is 0 Å². The van der Waals surface area contributed by atoms with Crippen LogP contribution in [-0.4, -0.2) is 29.0 Å². The van der Waals surface area contributed by atoms with Crippen LogP contribution in [0.1, 0.15) is 44.3 Å². The van der Waals surface area contributed by atoms with Crippen LogP contribution in [0.15, 0.2) is 5.38 Å². The molecule has 1 aromatic rings. The van der Waals surface area contributed by atoms with Gasteiger partial charge < -0.3 is 4.90 Å². The van der Waals surface area contributed by atoms with Gasteiger partial charge in [0, 0.05) is 17.8 Å². The first-order valence-electron chi connectivity index (χ1n) is 6.44. The Bertz CT molecular complexity index is 314. The smallest absolute Gasteiger partial charge is 0.0929 e. The van der Waals surface area contributed by atoms with Crippen molar-refractivity contribution in [2.75, 3.05) is 13.1 Å². The fraction of sp³-hybridized carbons (Fsp3) is 0.769. The second-order valence-electron chi connectivity index (χ2n) is 4.36. The van der Waals surface area contributed by atoms with E-state index in [1.165, 1.54) is 24.4 Å². The molecule has 1 rings (SSSR count). The van der Waals surface area contributed by atoms with Crippen molar-refractivity contribution in [2.24, 2.45) is 0 Å². The molecule has 2 nitrogen and oxygen atoms in total. The number of halogens is 1. The number of aryl methyl sites for hydroxylation is 1. The van der Waals surface area contributed by atoms with E-state index in [0.717, 1.165) is 18.7 Å². The van der Waals surface area contributed by atoms with E-state index in [4.69, 9.17) is 11.6 Å². The lowest BCUT2D eigenvalue weighted by Gasteiger charge is -2.26. The Hall–Kier alpha value is -0.120. The highest BCUT2D eigenvalue weighted by atomic mass is 35.5. The molecule has 0 aromatic carbocycles. The van der Waals surface area contributed by atoms with Crippen molar-refractivity contribution in [1.29, 1.82) is 0 Å². The van der Waals surface area contributed by atoms with Crippen LogP contribution in [0.25, 0.3) is 0 Å². The summed E-state index contributed by atoms with van der Waals surface area (Å²) in [6.07, 6.45) is 3.49. The van der Waals surface area contributed by atoms with Crippen molar-refractivity contribution in [1.82, 2.24) is 9.88 Å². The minimum Gasteiger partial charge on any atom is -0.301 e. The highest BCUT2D eigenvalue weighted by Crippen LogP contribution is 2.14. The molecule has 0 saturated heterocycles. The Morgan fingerprint density at radius 1 is 1.47 bits per heavy atom. The molecule has 0 saturated carbocycles. The first-order valence-corrected chi connectivity index (χ1v) is 7.85. The average molecular weight is 275 g/mol. The molecule has 0 aliphatic heterocycles. The predicted molar refractivity (Wildman–Crippen MR) is 77.0 cm³/mol. The molecule has 1 aromatic heterocycles. The summed E-state index contributed by atoms with van der Waals surface area (Å²) >= 11 is 7.48. The molecule has 1 heterocycles. The predicted octanol–water partition coefficient (Wildman–Crippen LogP) is 3.93. The van der Waals surface area contributed by atoms with Gasteiger partial charge in [-0.05, 0) is 32.9 Å². The van der Waals surface area contributed by atoms with Gasteiger partial charge in [0.05, 0.1) is 16.6 Å². The standard InChI is InChI=1S/C13H23ClN2S/c1-4-11(3)16(5-2)8-6-7-13-15-12(9-14)10-17-13/h10-11H,4-9H2,1-3H3. The van der Waals surface area contributed by atoms with Crippen LogP contribution in [0, 0.1) is 0 Å². The van der Waals surface area contributed by atoms with Gasteiger partial charge in [-0.25, -0.2) is 4.98 Å². The van der Waals surface area contributed by atoms with Gasteiger partial charge in [-0.3, -0.25) is 0 Å². The third kappa shape index (κ3) is 4.94. The van der Waals surface area contributed by atoms with E-state index in [9.17, 15) is 0 Å². The fourth-order valence-corrected chi connectivity index (χ4v) is 2.98. The number of nitrogens with zero attached hydrogens (tertiary/aromatic N) is 2. The monoisotopic (exact) mass is 274 g/mol. The average Bonchev–Trinajstić information content (AvgIpc) is 2.81. The summed E-state index contributed by atoms with van der Waals surface area (Å²) in [6.45, 7) is 9.10. The molecule has 0 bridgehead atoms. The van der Waals surface area contributed by atoms with Crippen LogP contribution in [0.2, 0.25) is 0 Å². The zero-order valence-corrected chi connectivity index (χ0v) is 12.7. The highest BCUT2D eigenvalue weighted by molar-refractivity contribution is 7.09. The van der Waals surface area contributed by atoms with E-state index in [0.29, 0.717) is 11.9 Å². The van der Waals surface area contributed by atoms with E-state index in [1.54, 1.807) is 11.3 Å². The number of hydrogen-bond donors (Lipinski definition) is 0. The van der Waals surface area contributed by atoms with E-state index >= 15 is 0 Å². The van der Waals surface area contributed by atoms with Gasteiger partial charge in [0.25, 0.3) is 0 Å². The molecule has 1 unspecified atom stereocenters. The lowest BCUT2D eigenvalue weighted by atomic mass is 10.2. The number of thiazole rings is 1. The summed E-state index contributed by atoms with van der Waals surface area (Å²) in [5.41, 5.74) is 1.01. The summed E-state index contributed by atoms with van der Waals surface area (Å²) in [4.78, 5) is 7.02. The van der Waals surface area contributed by atoms with Gasteiger partial charge in [-0.2, -0.15) is 0 Å². The summed E-state index contributed by atoms with van der Waals surface area (Å²) in [7, 11) is 0. The molecule has 0 aliphatic rings. The van der Waals surface area contributed by atoms with Gasteiger partial charge in [-0.15, -0.1) is 22.9 Å². The number of alkyl halides is 1. The van der Waals surface area contributed by atoms with Crippen LogP contribution in [0.4, 0.5) is 0 Å². The maximum absolute atomic E-state index is 5.74. The van der Waals surface area contributed by atoms with Crippen LogP contribution < -0.4 is 0 Å². The second kappa shape index (κ2) is 8.06. The largest absolute Gasteiger partial charge is 0.301 e. The number of rotatable bonds is 8. The van der Waals surface area contributed by atoms with Gasteiger partial charge >= 0.3 is 0 Å². The highest BCUT2D eigenvalue weighted by Gasteiger charge is 2.09. The van der Waals surface area contributed by atoms with Crippen molar-refractivity contribution < 1.29 is 0 Å². The van der Waals surface area contributed by atoms with Crippen LogP contribution >= 0.6 is 22.9 Å². The maximum atomic E-state index is 5.74. The molecule has 98 valence electrons. The van der Waals surface area contributed by atoms with Crippen molar-refractivity contribution in [3.63, 3.8) is 0 Å².